The maximum Gasteiger partial charge on any atom is 0.408 e. The molecule has 392 valence electrons. The molecule has 2 aliphatic heterocycles. The summed E-state index contributed by atoms with van der Waals surface area (Å²) >= 11 is 0. The van der Waals surface area contributed by atoms with Crippen molar-refractivity contribution in [3.05, 3.63) is 151 Å². The van der Waals surface area contributed by atoms with Gasteiger partial charge in [-0.1, -0.05) is 67.6 Å². The van der Waals surface area contributed by atoms with Crippen LogP contribution in [0.1, 0.15) is 109 Å². The predicted molar refractivity (Wildman–Crippen MR) is 276 cm³/mol. The third-order valence-electron chi connectivity index (χ3n) is 15.1. The number of esters is 1. The number of carbonyl (C=O) groups excluding carboxylic acids is 6. The Kier molecular flexibility index (Phi) is 13.2. The fraction of sp³-hybridized carbons (Fsp3) is 0.333. The lowest BCUT2D eigenvalue weighted by atomic mass is 9.81. The third-order valence-corrected chi connectivity index (χ3v) is 15.1. The molecule has 19 heteroatoms. The molecule has 6 aromatic rings. The number of anilines is 1. The first-order valence-electron chi connectivity index (χ1n) is 25.2. The first-order valence-corrected chi connectivity index (χ1v) is 25.2. The molecule has 0 unspecified atom stereocenters. The van der Waals surface area contributed by atoms with Crippen LogP contribution in [0.25, 0.3) is 33.4 Å². The lowest BCUT2D eigenvalue weighted by Gasteiger charge is -2.33. The van der Waals surface area contributed by atoms with Crippen LogP contribution in [-0.4, -0.2) is 74.8 Å². The SMILES string of the molecule is CC[C@@]1(O)C(=O)OCc2c1cc1n(c2=O)Cc2c-1nc1cc(F)c(C)c3c1c2[C@@H](NC(=O)C(C)(C)NC(=O)OCc1ccc(NC(=O)[C@H](C)NC(=O)[C@H](C)NC(=O)OCC2c4ccccc4-c4ccccc42)cc1)CC3. The molecule has 4 aromatic carbocycles. The van der Waals surface area contributed by atoms with Crippen molar-refractivity contribution in [2.24, 2.45) is 0 Å². The quantitative estimate of drug-likeness (QED) is 0.0522. The van der Waals surface area contributed by atoms with Crippen LogP contribution in [0.4, 0.5) is 19.7 Å². The van der Waals surface area contributed by atoms with Crippen LogP contribution in [0.2, 0.25) is 0 Å². The number of pyridine rings is 2. The minimum absolute atomic E-state index is 0.0411. The van der Waals surface area contributed by atoms with Crippen molar-refractivity contribution in [1.82, 2.24) is 30.8 Å². The number of benzene rings is 4. The van der Waals surface area contributed by atoms with E-state index in [4.69, 9.17) is 19.2 Å². The summed E-state index contributed by atoms with van der Waals surface area (Å²) in [7, 11) is 0. The number of aryl methyl sites for hydroxylation is 1. The van der Waals surface area contributed by atoms with Crippen molar-refractivity contribution >= 4 is 52.5 Å². The molecule has 0 radical (unpaired) electrons. The summed E-state index contributed by atoms with van der Waals surface area (Å²) in [6.45, 7) is 8.96. The number of amides is 5. The molecule has 5 amide bonds. The monoisotopic (exact) mass is 1030 g/mol. The van der Waals surface area contributed by atoms with Gasteiger partial charge in [-0.15, -0.1) is 0 Å². The smallest absolute Gasteiger partial charge is 0.408 e. The van der Waals surface area contributed by atoms with E-state index in [-0.39, 0.29) is 49.8 Å². The summed E-state index contributed by atoms with van der Waals surface area (Å²) in [4.78, 5) is 97.9. The summed E-state index contributed by atoms with van der Waals surface area (Å²) < 4.78 is 33.2. The molecular weight excluding hydrogens is 978 g/mol. The highest BCUT2D eigenvalue weighted by Gasteiger charge is 2.46. The van der Waals surface area contributed by atoms with Gasteiger partial charge in [0.15, 0.2) is 5.60 Å². The number of nitrogens with zero attached hydrogens (tertiary/aromatic N) is 2. The molecule has 2 aromatic heterocycles. The lowest BCUT2D eigenvalue weighted by molar-refractivity contribution is -0.172. The molecule has 0 bridgehead atoms. The van der Waals surface area contributed by atoms with E-state index in [1.807, 2.05) is 48.5 Å². The molecule has 6 N–H and O–H groups in total. The maximum absolute atomic E-state index is 15.5. The molecule has 18 nitrogen and oxygen atoms in total. The van der Waals surface area contributed by atoms with Gasteiger partial charge in [-0.25, -0.2) is 23.8 Å². The number of carbonyl (C=O) groups is 6. The molecule has 4 aliphatic rings. The standard InChI is InChI=1S/C57H56FN7O11/c1-7-57(73)41-22-45-48-38(24-65(45)51(68)40(41)27-74-53(57)70)47-43(21-20-33-28(2)42(58)23-44(62-48)46(33)47)63-52(69)56(5,6)64-55(72)75-25-31-16-18-32(19-17-31)61-50(67)29(3)59-49(66)30(4)60-54(71)76-26-39-36-14-10-8-12-34(36)35-13-9-11-15-37(35)39/h8-19,22-23,29-30,39,43,73H,7,20-21,24-27H2,1-6H3,(H,59,66)(H,60,71)(H,61,67)(H,63,69)(H,64,72)/t29-,30-,43-,57-/m0/s1. The molecule has 0 fully saturated rings. The number of fused-ring (bicyclic) bond motifs is 8. The van der Waals surface area contributed by atoms with Gasteiger partial charge in [0, 0.05) is 34.2 Å². The zero-order chi connectivity index (χ0) is 54.0. The number of aliphatic hydroxyl groups is 1. The van der Waals surface area contributed by atoms with Crippen LogP contribution in [0.3, 0.4) is 0 Å². The molecule has 0 saturated carbocycles. The number of rotatable bonds is 13. The Hall–Kier alpha value is -8.45. The summed E-state index contributed by atoms with van der Waals surface area (Å²) in [5, 5.41) is 25.7. The Bertz CT molecular complexity index is 3460. The van der Waals surface area contributed by atoms with Gasteiger partial charge in [0.25, 0.3) is 5.56 Å². The largest absolute Gasteiger partial charge is 0.458 e. The van der Waals surface area contributed by atoms with Gasteiger partial charge >= 0.3 is 18.2 Å². The Morgan fingerprint density at radius 1 is 0.882 bits per heavy atom. The highest BCUT2D eigenvalue weighted by molar-refractivity contribution is 5.98. The Morgan fingerprint density at radius 3 is 2.24 bits per heavy atom. The average Bonchev–Trinajstić information content (AvgIpc) is 3.96. The lowest BCUT2D eigenvalue weighted by Crippen LogP contribution is -2.55. The minimum Gasteiger partial charge on any atom is -0.458 e. The first kappa shape index (κ1) is 51.1. The highest BCUT2D eigenvalue weighted by Crippen LogP contribution is 2.47. The van der Waals surface area contributed by atoms with Crippen molar-refractivity contribution in [1.29, 1.82) is 0 Å². The molecule has 76 heavy (non-hydrogen) atoms. The summed E-state index contributed by atoms with van der Waals surface area (Å²) in [5.74, 6) is -3.13. The second kappa shape index (κ2) is 19.7. The predicted octanol–water partition coefficient (Wildman–Crippen LogP) is 6.71. The van der Waals surface area contributed by atoms with E-state index in [0.717, 1.165) is 27.8 Å². The number of halogens is 1. The van der Waals surface area contributed by atoms with Crippen LogP contribution in [0.15, 0.2) is 89.7 Å². The highest BCUT2D eigenvalue weighted by atomic mass is 19.1. The van der Waals surface area contributed by atoms with E-state index >= 15 is 4.39 Å². The fourth-order valence-electron chi connectivity index (χ4n) is 10.8. The molecule has 0 spiro atoms. The molecule has 10 rings (SSSR count). The fourth-order valence-corrected chi connectivity index (χ4v) is 10.8. The zero-order valence-corrected chi connectivity index (χ0v) is 42.6. The number of cyclic esters (lactones) is 1. The third kappa shape index (κ3) is 9.07. The molecule has 4 heterocycles. The van der Waals surface area contributed by atoms with Gasteiger partial charge in [0.2, 0.25) is 17.7 Å². The van der Waals surface area contributed by atoms with Crippen molar-refractivity contribution < 1.29 is 52.5 Å². The van der Waals surface area contributed by atoms with Gasteiger partial charge in [-0.05, 0) is 117 Å². The Labute approximate surface area is 435 Å². The van der Waals surface area contributed by atoms with Crippen LogP contribution >= 0.6 is 0 Å². The van der Waals surface area contributed by atoms with Crippen LogP contribution in [0.5, 0.6) is 0 Å². The second-order valence-corrected chi connectivity index (χ2v) is 20.3. The van der Waals surface area contributed by atoms with E-state index in [2.05, 4.69) is 26.6 Å². The number of nitrogens with one attached hydrogen (secondary N) is 5. The first-order chi connectivity index (χ1) is 36.3. The maximum atomic E-state index is 15.5. The average molecular weight is 1030 g/mol. The number of hydrogen-bond acceptors (Lipinski definition) is 12. The van der Waals surface area contributed by atoms with Gasteiger partial charge in [-0.3, -0.25) is 19.2 Å². The molecule has 4 atom stereocenters. The van der Waals surface area contributed by atoms with E-state index in [0.29, 0.717) is 63.1 Å². The van der Waals surface area contributed by atoms with Crippen molar-refractivity contribution in [3.8, 4) is 22.5 Å². The minimum atomic E-state index is -2.05. The van der Waals surface area contributed by atoms with E-state index in [1.165, 1.54) is 38.3 Å². The van der Waals surface area contributed by atoms with Crippen molar-refractivity contribution in [3.63, 3.8) is 0 Å². The van der Waals surface area contributed by atoms with Gasteiger partial charge in [0.1, 0.15) is 43.3 Å². The van der Waals surface area contributed by atoms with E-state index < -0.39 is 76.5 Å². The number of alkyl carbamates (subject to hydrolysis) is 2. The summed E-state index contributed by atoms with van der Waals surface area (Å²) in [5.41, 5.74) is 5.00. The Balaban J connectivity index is 0.727. The number of ether oxygens (including phenoxy) is 3. The van der Waals surface area contributed by atoms with Crippen LogP contribution in [-0.2, 0) is 65.2 Å². The second-order valence-electron chi connectivity index (χ2n) is 20.3. The molecule has 2 aliphatic carbocycles. The Morgan fingerprint density at radius 2 is 1.55 bits per heavy atom. The van der Waals surface area contributed by atoms with E-state index in [9.17, 15) is 38.7 Å². The molecular formula is C57H56FN7O11. The van der Waals surface area contributed by atoms with Gasteiger partial charge in [0.05, 0.1) is 35.1 Å². The summed E-state index contributed by atoms with van der Waals surface area (Å²) in [6, 6.07) is 22.6. The topological polar surface area (TPSA) is 245 Å². The number of hydrogen-bond donors (Lipinski definition) is 6. The van der Waals surface area contributed by atoms with Crippen molar-refractivity contribution in [2.45, 2.75) is 116 Å². The van der Waals surface area contributed by atoms with Crippen LogP contribution in [0, 0.1) is 12.7 Å². The molecule has 0 saturated heterocycles. The van der Waals surface area contributed by atoms with Gasteiger partial charge < -0.3 is 50.5 Å². The summed E-state index contributed by atoms with van der Waals surface area (Å²) in [6.07, 6.45) is -0.930. The van der Waals surface area contributed by atoms with Gasteiger partial charge in [-0.2, -0.15) is 0 Å². The van der Waals surface area contributed by atoms with Crippen molar-refractivity contribution in [2.75, 3.05) is 11.9 Å². The normalized spacial score (nSPS) is 17.6. The number of aromatic nitrogens is 2. The van der Waals surface area contributed by atoms with E-state index in [1.54, 1.807) is 44.2 Å². The van der Waals surface area contributed by atoms with Crippen LogP contribution < -0.4 is 32.1 Å². The zero-order valence-electron chi connectivity index (χ0n) is 42.6.